The number of para-hydroxylation sites is 1. The SMILES string of the molecule is CC1(C)C2CC[C@]1(CS(=O)(=O)O)C(=O)C2.Cc1cc(Nc2nc([C@H](O)c3ccc(F)cc3)nc3ccccc23)n[nH]1. The minimum absolute atomic E-state index is 0.0152. The van der Waals surface area contributed by atoms with Gasteiger partial charge < -0.3 is 10.4 Å². The van der Waals surface area contributed by atoms with E-state index in [0.29, 0.717) is 35.6 Å². The third-order valence-corrected chi connectivity index (χ3v) is 9.43. The minimum atomic E-state index is -4.08. The number of rotatable bonds is 6. The van der Waals surface area contributed by atoms with Gasteiger partial charge in [-0.05, 0) is 60.9 Å². The second-order valence-electron chi connectivity index (χ2n) is 11.4. The molecule has 3 atom stereocenters. The van der Waals surface area contributed by atoms with Gasteiger partial charge in [-0.1, -0.05) is 38.1 Å². The van der Waals surface area contributed by atoms with Crippen LogP contribution in [-0.2, 0) is 14.9 Å². The van der Waals surface area contributed by atoms with Crippen LogP contribution < -0.4 is 5.32 Å². The van der Waals surface area contributed by atoms with Gasteiger partial charge in [0.25, 0.3) is 10.1 Å². The van der Waals surface area contributed by atoms with Crippen molar-refractivity contribution in [1.29, 1.82) is 0 Å². The molecular weight excluding hydrogens is 549 g/mol. The van der Waals surface area contributed by atoms with Gasteiger partial charge in [0.05, 0.1) is 16.7 Å². The van der Waals surface area contributed by atoms with E-state index in [9.17, 15) is 22.7 Å². The maximum absolute atomic E-state index is 13.1. The highest BCUT2D eigenvalue weighted by Gasteiger charge is 2.65. The third-order valence-electron chi connectivity index (χ3n) is 8.57. The number of carbonyl (C=O) groups excluding carboxylic acids is 1. The summed E-state index contributed by atoms with van der Waals surface area (Å²) in [4.78, 5) is 20.8. The molecule has 0 amide bonds. The summed E-state index contributed by atoms with van der Waals surface area (Å²) in [6, 6.07) is 15.0. The lowest BCUT2D eigenvalue weighted by Gasteiger charge is -2.35. The van der Waals surface area contributed by atoms with Gasteiger partial charge in [-0.15, -0.1) is 0 Å². The summed E-state index contributed by atoms with van der Waals surface area (Å²) in [5, 5.41) is 21.6. The minimum Gasteiger partial charge on any atom is -0.380 e. The molecule has 2 saturated carbocycles. The van der Waals surface area contributed by atoms with Gasteiger partial charge in [-0.2, -0.15) is 13.5 Å². The highest BCUT2D eigenvalue weighted by molar-refractivity contribution is 7.85. The van der Waals surface area contributed by atoms with Crippen molar-refractivity contribution in [2.45, 2.75) is 46.1 Å². The second-order valence-corrected chi connectivity index (χ2v) is 12.8. The van der Waals surface area contributed by atoms with E-state index in [2.05, 4.69) is 25.5 Å². The second kappa shape index (κ2) is 10.6. The molecule has 2 aliphatic carbocycles. The van der Waals surface area contributed by atoms with E-state index in [-0.39, 0.29) is 28.8 Å². The van der Waals surface area contributed by atoms with Crippen LogP contribution in [0.4, 0.5) is 16.0 Å². The summed E-state index contributed by atoms with van der Waals surface area (Å²) in [7, 11) is -4.08. The number of aromatic nitrogens is 4. The fraction of sp³-hybridized carbons (Fsp3) is 0.379. The molecule has 2 aromatic carbocycles. The van der Waals surface area contributed by atoms with Crippen molar-refractivity contribution >= 4 is 38.4 Å². The number of anilines is 2. The summed E-state index contributed by atoms with van der Waals surface area (Å²) in [6.07, 6.45) is 0.904. The number of aryl methyl sites for hydroxylation is 1. The quantitative estimate of drug-likeness (QED) is 0.233. The number of benzene rings is 2. The number of hydrogen-bond acceptors (Lipinski definition) is 8. The van der Waals surface area contributed by atoms with Crippen LogP contribution in [0.25, 0.3) is 10.9 Å². The van der Waals surface area contributed by atoms with E-state index >= 15 is 0 Å². The Morgan fingerprint density at radius 2 is 1.85 bits per heavy atom. The van der Waals surface area contributed by atoms with Crippen LogP contribution in [0.2, 0.25) is 0 Å². The average molecular weight is 582 g/mol. The van der Waals surface area contributed by atoms with Crippen LogP contribution in [0.1, 0.15) is 56.3 Å². The molecule has 2 heterocycles. The highest BCUT2D eigenvalue weighted by atomic mass is 32.2. The zero-order chi connectivity index (χ0) is 29.6. The number of nitrogens with zero attached hydrogens (tertiary/aromatic N) is 3. The average Bonchev–Trinajstić information content (AvgIpc) is 3.48. The lowest BCUT2D eigenvalue weighted by Crippen LogP contribution is -2.42. The molecule has 2 bridgehead atoms. The monoisotopic (exact) mass is 581 g/mol. The molecule has 216 valence electrons. The van der Waals surface area contributed by atoms with Crippen LogP contribution in [0.5, 0.6) is 0 Å². The van der Waals surface area contributed by atoms with Crippen molar-refractivity contribution in [3.63, 3.8) is 0 Å². The Bertz CT molecular complexity index is 1710. The third kappa shape index (κ3) is 5.59. The van der Waals surface area contributed by atoms with Crippen molar-refractivity contribution in [2.24, 2.45) is 16.7 Å². The number of halogens is 1. The summed E-state index contributed by atoms with van der Waals surface area (Å²) in [5.41, 5.74) is 1.000. The normalized spacial score (nSPS) is 21.9. The van der Waals surface area contributed by atoms with E-state index < -0.39 is 27.4 Å². The fourth-order valence-electron chi connectivity index (χ4n) is 6.13. The molecule has 6 rings (SSSR count). The molecule has 1 unspecified atom stereocenters. The largest absolute Gasteiger partial charge is 0.380 e. The zero-order valence-electron chi connectivity index (χ0n) is 22.9. The number of nitrogens with one attached hydrogen (secondary N) is 2. The maximum atomic E-state index is 13.1. The van der Waals surface area contributed by atoms with E-state index in [0.717, 1.165) is 17.5 Å². The van der Waals surface area contributed by atoms with Crippen molar-refractivity contribution in [2.75, 3.05) is 11.1 Å². The smallest absolute Gasteiger partial charge is 0.265 e. The Balaban J connectivity index is 0.000000191. The first-order valence-electron chi connectivity index (χ1n) is 13.3. The van der Waals surface area contributed by atoms with Crippen LogP contribution in [0.3, 0.4) is 0 Å². The Morgan fingerprint density at radius 1 is 1.15 bits per heavy atom. The lowest BCUT2D eigenvalue weighted by molar-refractivity contribution is -0.128. The number of aliphatic hydroxyl groups excluding tert-OH is 1. The summed E-state index contributed by atoms with van der Waals surface area (Å²) < 4.78 is 44.1. The Labute approximate surface area is 237 Å². The lowest BCUT2D eigenvalue weighted by atomic mass is 9.70. The zero-order valence-corrected chi connectivity index (χ0v) is 23.7. The van der Waals surface area contributed by atoms with E-state index in [1.165, 1.54) is 24.3 Å². The van der Waals surface area contributed by atoms with E-state index in [1.807, 2.05) is 51.1 Å². The molecule has 4 aromatic rings. The first-order valence-corrected chi connectivity index (χ1v) is 14.9. The molecule has 0 radical (unpaired) electrons. The standard InChI is InChI=1S/C19H16FN5O.C10H16O4S/c1-11-10-16(25-24-11)22-18-14-4-2-3-5-15(14)21-19(23-18)17(26)12-6-8-13(20)9-7-12;1-9(2)7-3-4-10(9,8(11)5-7)6-15(12,13)14/h2-10,17,26H,1H3,(H2,21,22,23,24,25);7H,3-6H2,1-2H3,(H,12,13,14)/t17-;7?,10-/m10/s1. The van der Waals surface area contributed by atoms with Gasteiger partial charge in [-0.3, -0.25) is 14.4 Å². The maximum Gasteiger partial charge on any atom is 0.265 e. The number of hydrogen-bond donors (Lipinski definition) is 4. The molecule has 0 aliphatic heterocycles. The highest BCUT2D eigenvalue weighted by Crippen LogP contribution is 2.64. The molecule has 41 heavy (non-hydrogen) atoms. The summed E-state index contributed by atoms with van der Waals surface area (Å²) >= 11 is 0. The van der Waals surface area contributed by atoms with Crippen LogP contribution in [0.15, 0.2) is 54.6 Å². The molecule has 2 aromatic heterocycles. The fourth-order valence-corrected chi connectivity index (χ4v) is 7.43. The van der Waals surface area contributed by atoms with Gasteiger partial charge in [0, 0.05) is 23.6 Å². The topological polar surface area (TPSA) is 158 Å². The number of Topliss-reactive ketones (excluding diaryl/α,β-unsaturated/α-hetero) is 1. The van der Waals surface area contributed by atoms with Crippen molar-refractivity contribution in [1.82, 2.24) is 20.2 Å². The Morgan fingerprint density at radius 3 is 2.44 bits per heavy atom. The summed E-state index contributed by atoms with van der Waals surface area (Å²) in [5.74, 6) is 0.921. The van der Waals surface area contributed by atoms with E-state index in [1.54, 1.807) is 0 Å². The number of fused-ring (bicyclic) bond motifs is 3. The van der Waals surface area contributed by atoms with Crippen LogP contribution in [0, 0.1) is 29.5 Å². The summed E-state index contributed by atoms with van der Waals surface area (Å²) in [6.45, 7) is 5.79. The first kappa shape index (κ1) is 28.8. The van der Waals surface area contributed by atoms with Gasteiger partial charge >= 0.3 is 0 Å². The molecule has 12 heteroatoms. The first-order chi connectivity index (χ1) is 19.3. The predicted octanol–water partition coefficient (Wildman–Crippen LogP) is 4.90. The predicted molar refractivity (Wildman–Crippen MR) is 152 cm³/mol. The van der Waals surface area contributed by atoms with Crippen LogP contribution >= 0.6 is 0 Å². The number of H-pyrrole nitrogens is 1. The number of aromatic amines is 1. The molecule has 2 fully saturated rings. The number of ketones is 1. The van der Waals surface area contributed by atoms with Gasteiger partial charge in [-0.25, -0.2) is 14.4 Å². The molecule has 4 N–H and O–H groups in total. The van der Waals surface area contributed by atoms with Crippen molar-refractivity contribution in [3.8, 4) is 0 Å². The molecular formula is C29H32FN5O5S. The number of carbonyl (C=O) groups is 1. The van der Waals surface area contributed by atoms with Gasteiger partial charge in [0.2, 0.25) is 0 Å². The Kier molecular flexibility index (Phi) is 7.43. The van der Waals surface area contributed by atoms with Gasteiger partial charge in [0.1, 0.15) is 23.5 Å². The molecule has 10 nitrogen and oxygen atoms in total. The van der Waals surface area contributed by atoms with Crippen molar-refractivity contribution < 1.29 is 27.3 Å². The van der Waals surface area contributed by atoms with Gasteiger partial charge in [0.15, 0.2) is 11.6 Å². The molecule has 0 spiro atoms. The van der Waals surface area contributed by atoms with Crippen molar-refractivity contribution in [3.05, 3.63) is 77.5 Å². The number of aliphatic hydroxyl groups is 1. The molecule has 0 saturated heterocycles. The van der Waals surface area contributed by atoms with E-state index in [4.69, 9.17) is 4.55 Å². The molecule has 2 aliphatic rings. The Hall–Kier alpha value is -3.74. The van der Waals surface area contributed by atoms with Crippen LogP contribution in [-0.4, -0.2) is 49.8 Å².